The monoisotopic (exact) mass is 296 g/mol. The molecule has 0 N–H and O–H groups in total. The summed E-state index contributed by atoms with van der Waals surface area (Å²) in [5.41, 5.74) is 0.535. The first-order valence-corrected chi connectivity index (χ1v) is 7.29. The molecule has 0 aliphatic carbocycles. The van der Waals surface area contributed by atoms with Crippen molar-refractivity contribution in [2.45, 2.75) is 52.2 Å². The zero-order valence-electron chi connectivity index (χ0n) is 13.5. The summed E-state index contributed by atoms with van der Waals surface area (Å²) in [5.74, 6) is -0.506. The predicted octanol–water partition coefficient (Wildman–Crippen LogP) is 3.75. The van der Waals surface area contributed by atoms with E-state index in [1.807, 2.05) is 20.8 Å². The van der Waals surface area contributed by atoms with Crippen LogP contribution in [0.1, 0.15) is 39.7 Å². The zero-order valence-corrected chi connectivity index (χ0v) is 13.5. The van der Waals surface area contributed by atoms with E-state index in [2.05, 4.69) is 0 Å². The maximum atomic E-state index is 13.0. The van der Waals surface area contributed by atoms with E-state index in [4.69, 9.17) is 9.47 Å². The number of benzene rings is 1. The van der Waals surface area contributed by atoms with Crippen LogP contribution < -0.4 is 0 Å². The van der Waals surface area contributed by atoms with Crippen LogP contribution in [-0.4, -0.2) is 24.8 Å². The molecule has 2 unspecified atom stereocenters. The predicted molar refractivity (Wildman–Crippen MR) is 80.5 cm³/mol. The number of halogens is 1. The second kappa shape index (κ2) is 7.55. The summed E-state index contributed by atoms with van der Waals surface area (Å²) < 4.78 is 24.0. The van der Waals surface area contributed by atoms with Crippen molar-refractivity contribution in [3.8, 4) is 0 Å². The normalized spacial score (nSPS) is 14.6. The molecule has 2 atom stereocenters. The van der Waals surface area contributed by atoms with E-state index in [9.17, 15) is 9.18 Å². The molecule has 0 saturated heterocycles. The van der Waals surface area contributed by atoms with Crippen molar-refractivity contribution in [3.05, 3.63) is 35.6 Å². The molecule has 0 heterocycles. The van der Waals surface area contributed by atoms with Crippen LogP contribution in [-0.2, 0) is 20.7 Å². The molecular weight excluding hydrogens is 271 g/mol. The lowest BCUT2D eigenvalue weighted by Crippen LogP contribution is -2.43. The van der Waals surface area contributed by atoms with Gasteiger partial charge in [0.15, 0.2) is 0 Å². The zero-order chi connectivity index (χ0) is 16.0. The summed E-state index contributed by atoms with van der Waals surface area (Å²) in [4.78, 5) is 11.5. The van der Waals surface area contributed by atoms with Crippen molar-refractivity contribution in [1.82, 2.24) is 0 Å². The van der Waals surface area contributed by atoms with Gasteiger partial charge in [-0.15, -0.1) is 0 Å². The highest BCUT2D eigenvalue weighted by Crippen LogP contribution is 2.29. The van der Waals surface area contributed by atoms with Crippen molar-refractivity contribution >= 4 is 5.97 Å². The Bertz CT molecular complexity index is 454. The van der Waals surface area contributed by atoms with Gasteiger partial charge in [-0.05, 0) is 44.9 Å². The van der Waals surface area contributed by atoms with Gasteiger partial charge < -0.3 is 9.47 Å². The van der Waals surface area contributed by atoms with E-state index in [-0.39, 0.29) is 23.8 Å². The van der Waals surface area contributed by atoms with E-state index in [1.54, 1.807) is 26.2 Å². The quantitative estimate of drug-likeness (QED) is 0.719. The van der Waals surface area contributed by atoms with E-state index >= 15 is 0 Å². The van der Waals surface area contributed by atoms with Crippen molar-refractivity contribution in [1.29, 1.82) is 0 Å². The van der Waals surface area contributed by atoms with Crippen LogP contribution in [0, 0.1) is 11.7 Å². The fourth-order valence-corrected chi connectivity index (χ4v) is 2.38. The number of hydrogen-bond acceptors (Lipinski definition) is 3. The summed E-state index contributed by atoms with van der Waals surface area (Å²) in [6, 6.07) is 6.38. The fraction of sp³-hybridized carbons (Fsp3) is 0.588. The van der Waals surface area contributed by atoms with E-state index in [1.165, 1.54) is 12.1 Å². The molecule has 0 amide bonds. The first kappa shape index (κ1) is 17.6. The van der Waals surface area contributed by atoms with Crippen LogP contribution in [0.3, 0.4) is 0 Å². The Balaban J connectivity index is 2.91. The average Bonchev–Trinajstić information content (AvgIpc) is 2.46. The van der Waals surface area contributed by atoms with Crippen LogP contribution in [0.5, 0.6) is 0 Å². The van der Waals surface area contributed by atoms with Crippen molar-refractivity contribution in [3.63, 3.8) is 0 Å². The van der Waals surface area contributed by atoms with Gasteiger partial charge in [-0.25, -0.2) is 4.39 Å². The minimum atomic E-state index is -0.457. The highest BCUT2D eigenvalue weighted by molar-refractivity contribution is 5.69. The number of methoxy groups -OCH3 is 1. The topological polar surface area (TPSA) is 35.5 Å². The van der Waals surface area contributed by atoms with E-state index < -0.39 is 5.60 Å². The molecule has 0 saturated carbocycles. The van der Waals surface area contributed by atoms with Crippen molar-refractivity contribution in [2.75, 3.05) is 7.11 Å². The Kier molecular flexibility index (Phi) is 6.34. The Labute approximate surface area is 126 Å². The smallest absolute Gasteiger partial charge is 0.305 e. The third kappa shape index (κ3) is 5.12. The lowest BCUT2D eigenvalue weighted by atomic mass is 9.81. The van der Waals surface area contributed by atoms with Crippen molar-refractivity contribution in [2.24, 2.45) is 5.92 Å². The van der Waals surface area contributed by atoms with Gasteiger partial charge in [0, 0.05) is 19.4 Å². The minimum Gasteiger partial charge on any atom is -0.462 e. The molecule has 118 valence electrons. The molecule has 0 radical (unpaired) electrons. The number of ether oxygens (including phenoxy) is 2. The highest BCUT2D eigenvalue weighted by Gasteiger charge is 2.35. The van der Waals surface area contributed by atoms with Gasteiger partial charge in [0.05, 0.1) is 5.60 Å². The summed E-state index contributed by atoms with van der Waals surface area (Å²) in [6.07, 6.45) is 0.720. The third-order valence-corrected chi connectivity index (χ3v) is 3.96. The standard InChI is InChI=1S/C17H25FO3/c1-6-16(19)21-12(2)15(17(3,4)20-5)11-13-7-9-14(18)10-8-13/h7-10,12,15H,6,11H2,1-5H3. The van der Waals surface area contributed by atoms with E-state index in [0.29, 0.717) is 12.8 Å². The molecule has 4 heteroatoms. The van der Waals surface area contributed by atoms with Crippen molar-refractivity contribution < 1.29 is 18.7 Å². The van der Waals surface area contributed by atoms with Gasteiger partial charge in [0.1, 0.15) is 11.9 Å². The molecule has 0 bridgehead atoms. The number of rotatable bonds is 7. The third-order valence-electron chi connectivity index (χ3n) is 3.96. The van der Waals surface area contributed by atoms with Gasteiger partial charge in [0.2, 0.25) is 0 Å². The summed E-state index contributed by atoms with van der Waals surface area (Å²) in [6.45, 7) is 7.59. The maximum Gasteiger partial charge on any atom is 0.305 e. The van der Waals surface area contributed by atoms with Crippen LogP contribution in [0.25, 0.3) is 0 Å². The van der Waals surface area contributed by atoms with E-state index in [0.717, 1.165) is 5.56 Å². The van der Waals surface area contributed by atoms with Gasteiger partial charge >= 0.3 is 5.97 Å². The largest absolute Gasteiger partial charge is 0.462 e. The molecule has 0 spiro atoms. The summed E-state index contributed by atoms with van der Waals surface area (Å²) in [5, 5.41) is 0. The molecule has 0 fully saturated rings. The van der Waals surface area contributed by atoms with Crippen LogP contribution in [0.15, 0.2) is 24.3 Å². The molecular formula is C17H25FO3. The van der Waals surface area contributed by atoms with Crippen LogP contribution in [0.2, 0.25) is 0 Å². The van der Waals surface area contributed by atoms with Crippen LogP contribution in [0.4, 0.5) is 4.39 Å². The molecule has 3 nitrogen and oxygen atoms in total. The number of carbonyl (C=O) groups is 1. The highest BCUT2D eigenvalue weighted by atomic mass is 19.1. The Morgan fingerprint density at radius 1 is 1.29 bits per heavy atom. The molecule has 0 aliphatic rings. The Hall–Kier alpha value is -1.42. The van der Waals surface area contributed by atoms with Gasteiger partial charge in [0.25, 0.3) is 0 Å². The maximum absolute atomic E-state index is 13.0. The molecule has 1 rings (SSSR count). The number of esters is 1. The Morgan fingerprint density at radius 2 is 1.86 bits per heavy atom. The van der Waals surface area contributed by atoms with Gasteiger partial charge in [-0.2, -0.15) is 0 Å². The number of hydrogen-bond donors (Lipinski definition) is 0. The second-order valence-electron chi connectivity index (χ2n) is 5.79. The molecule has 1 aromatic rings. The Morgan fingerprint density at radius 3 is 2.33 bits per heavy atom. The fourth-order valence-electron chi connectivity index (χ4n) is 2.38. The first-order valence-electron chi connectivity index (χ1n) is 7.29. The van der Waals surface area contributed by atoms with Crippen LogP contribution >= 0.6 is 0 Å². The summed E-state index contributed by atoms with van der Waals surface area (Å²) >= 11 is 0. The molecule has 0 aromatic heterocycles. The summed E-state index contributed by atoms with van der Waals surface area (Å²) in [7, 11) is 1.64. The lowest BCUT2D eigenvalue weighted by Gasteiger charge is -2.37. The lowest BCUT2D eigenvalue weighted by molar-refractivity contribution is -0.157. The minimum absolute atomic E-state index is 0.0246. The molecule has 21 heavy (non-hydrogen) atoms. The van der Waals surface area contributed by atoms with Gasteiger partial charge in [-0.1, -0.05) is 19.1 Å². The average molecular weight is 296 g/mol. The van der Waals surface area contributed by atoms with Gasteiger partial charge in [-0.3, -0.25) is 4.79 Å². The SMILES string of the molecule is CCC(=O)OC(C)C(Cc1ccc(F)cc1)C(C)(C)OC. The molecule has 1 aromatic carbocycles. The first-order chi connectivity index (χ1) is 9.80. The molecule has 0 aliphatic heterocycles. The second-order valence-corrected chi connectivity index (χ2v) is 5.79. The number of carbonyl (C=O) groups excluding carboxylic acids is 1.